The molecule has 0 radical (unpaired) electrons. The summed E-state index contributed by atoms with van der Waals surface area (Å²) < 4.78 is 9.75. The van der Waals surface area contributed by atoms with Gasteiger partial charge in [0.15, 0.2) is 0 Å². The minimum absolute atomic E-state index is 0.154. The monoisotopic (exact) mass is 219 g/mol. The molecule has 1 rings (SSSR count). The maximum atomic E-state index is 11.6. The average Bonchev–Trinajstić information content (AvgIpc) is 2.67. The van der Waals surface area contributed by atoms with Crippen LogP contribution in [0.1, 0.15) is 6.42 Å². The Kier molecular flexibility index (Phi) is 4.71. The lowest BCUT2D eigenvalue weighted by molar-refractivity contribution is -0.147. The smallest absolute Gasteiger partial charge is 0.326 e. The Bertz CT molecular complexity index is 192. The van der Waals surface area contributed by atoms with Gasteiger partial charge in [0, 0.05) is 19.4 Å². The third-order valence-corrected chi connectivity index (χ3v) is 3.56. The van der Waals surface area contributed by atoms with E-state index in [1.54, 1.807) is 18.9 Å². The molecular weight excluding hydrogens is 202 g/mol. The van der Waals surface area contributed by atoms with Crippen molar-refractivity contribution in [2.45, 2.75) is 12.0 Å². The van der Waals surface area contributed by atoms with Gasteiger partial charge in [-0.2, -0.15) is 11.8 Å². The Morgan fingerprint density at radius 1 is 1.57 bits per heavy atom. The molecule has 1 atom stereocenters. The normalized spacial score (nSPS) is 26.4. The molecule has 1 heterocycles. The molecule has 0 bridgehead atoms. The summed E-state index contributed by atoms with van der Waals surface area (Å²) in [4.78, 5) is 11.6. The third kappa shape index (κ3) is 2.62. The van der Waals surface area contributed by atoms with Crippen molar-refractivity contribution in [2.75, 3.05) is 38.9 Å². The second kappa shape index (κ2) is 5.58. The fraction of sp³-hybridized carbons (Fsp3) is 0.889. The predicted octanol–water partition coefficient (Wildman–Crippen LogP) is 0.271. The summed E-state index contributed by atoms with van der Waals surface area (Å²) in [5.74, 6) is 1.65. The highest BCUT2D eigenvalue weighted by Crippen LogP contribution is 2.28. The van der Waals surface area contributed by atoms with Gasteiger partial charge in [-0.3, -0.25) is 10.1 Å². The van der Waals surface area contributed by atoms with Crippen molar-refractivity contribution >= 4 is 17.7 Å². The number of ether oxygens (including phenoxy) is 2. The number of esters is 1. The van der Waals surface area contributed by atoms with Crippen LogP contribution in [0.4, 0.5) is 0 Å². The standard InChI is InChI=1S/C9H17NO3S/c1-12-5-4-10-9(8(11)13-2)3-6-14-7-9/h10H,3-7H2,1-2H3. The fourth-order valence-electron chi connectivity index (χ4n) is 1.53. The first-order chi connectivity index (χ1) is 6.75. The molecule has 0 spiro atoms. The van der Waals surface area contributed by atoms with E-state index < -0.39 is 5.54 Å². The van der Waals surface area contributed by atoms with E-state index in [2.05, 4.69) is 5.32 Å². The van der Waals surface area contributed by atoms with Gasteiger partial charge in [-0.1, -0.05) is 0 Å². The van der Waals surface area contributed by atoms with Crippen LogP contribution in [0.3, 0.4) is 0 Å². The summed E-state index contributed by atoms with van der Waals surface area (Å²) in [5.41, 5.74) is -0.474. The zero-order valence-electron chi connectivity index (χ0n) is 8.67. The number of carbonyl (C=O) groups is 1. The van der Waals surface area contributed by atoms with Gasteiger partial charge in [0.25, 0.3) is 0 Å². The van der Waals surface area contributed by atoms with E-state index in [1.807, 2.05) is 0 Å². The number of thioether (sulfide) groups is 1. The molecule has 82 valence electrons. The Morgan fingerprint density at radius 2 is 2.36 bits per heavy atom. The second-order valence-corrected chi connectivity index (χ2v) is 4.40. The summed E-state index contributed by atoms with van der Waals surface area (Å²) in [6, 6.07) is 0. The van der Waals surface area contributed by atoms with E-state index in [0.717, 1.165) is 17.9 Å². The molecule has 4 nitrogen and oxygen atoms in total. The first-order valence-corrected chi connectivity index (χ1v) is 5.81. The molecular formula is C9H17NO3S. The molecule has 0 aromatic rings. The molecule has 1 aliphatic heterocycles. The average molecular weight is 219 g/mol. The van der Waals surface area contributed by atoms with Gasteiger partial charge >= 0.3 is 5.97 Å². The molecule has 0 aromatic heterocycles. The molecule has 1 saturated heterocycles. The van der Waals surface area contributed by atoms with Crippen LogP contribution >= 0.6 is 11.8 Å². The number of nitrogens with one attached hydrogen (secondary N) is 1. The van der Waals surface area contributed by atoms with Gasteiger partial charge < -0.3 is 9.47 Å². The summed E-state index contributed by atoms with van der Waals surface area (Å²) in [6.45, 7) is 1.30. The van der Waals surface area contributed by atoms with Gasteiger partial charge in [-0.05, 0) is 12.2 Å². The third-order valence-electron chi connectivity index (χ3n) is 2.37. The highest BCUT2D eigenvalue weighted by molar-refractivity contribution is 7.99. The minimum atomic E-state index is -0.474. The number of methoxy groups -OCH3 is 2. The Labute approximate surface area is 88.7 Å². The van der Waals surface area contributed by atoms with Crippen LogP contribution in [0.2, 0.25) is 0 Å². The van der Waals surface area contributed by atoms with Crippen molar-refractivity contribution in [3.63, 3.8) is 0 Å². The van der Waals surface area contributed by atoms with E-state index in [1.165, 1.54) is 7.11 Å². The largest absolute Gasteiger partial charge is 0.468 e. The van der Waals surface area contributed by atoms with Crippen molar-refractivity contribution < 1.29 is 14.3 Å². The molecule has 1 N–H and O–H groups in total. The molecule has 1 aliphatic rings. The quantitative estimate of drug-likeness (QED) is 0.531. The second-order valence-electron chi connectivity index (χ2n) is 3.30. The molecule has 0 amide bonds. The SMILES string of the molecule is COCCNC1(C(=O)OC)CCSC1. The van der Waals surface area contributed by atoms with Crippen LogP contribution in [0, 0.1) is 0 Å². The van der Waals surface area contributed by atoms with Crippen LogP contribution in [-0.2, 0) is 14.3 Å². The van der Waals surface area contributed by atoms with Gasteiger partial charge in [0.2, 0.25) is 0 Å². The molecule has 0 aromatic carbocycles. The van der Waals surface area contributed by atoms with Crippen LogP contribution in [0.15, 0.2) is 0 Å². The van der Waals surface area contributed by atoms with Crippen LogP contribution in [0.25, 0.3) is 0 Å². The van der Waals surface area contributed by atoms with Gasteiger partial charge in [-0.25, -0.2) is 0 Å². The maximum Gasteiger partial charge on any atom is 0.326 e. The summed E-state index contributed by atoms with van der Waals surface area (Å²) in [7, 11) is 3.08. The lowest BCUT2D eigenvalue weighted by Crippen LogP contribution is -2.53. The molecule has 5 heteroatoms. The lowest BCUT2D eigenvalue weighted by Gasteiger charge is -2.26. The zero-order valence-corrected chi connectivity index (χ0v) is 9.49. The Hall–Kier alpha value is -0.260. The molecule has 1 fully saturated rings. The summed E-state index contributed by atoms with van der Waals surface area (Å²) >= 11 is 1.78. The van der Waals surface area contributed by atoms with E-state index in [4.69, 9.17) is 9.47 Å². The highest BCUT2D eigenvalue weighted by Gasteiger charge is 2.42. The topological polar surface area (TPSA) is 47.6 Å². The molecule has 0 saturated carbocycles. The summed E-state index contributed by atoms with van der Waals surface area (Å²) in [5, 5.41) is 3.23. The van der Waals surface area contributed by atoms with Crippen molar-refractivity contribution in [1.82, 2.24) is 5.32 Å². The minimum Gasteiger partial charge on any atom is -0.468 e. The first kappa shape index (κ1) is 11.8. The first-order valence-electron chi connectivity index (χ1n) is 4.65. The number of hydrogen-bond acceptors (Lipinski definition) is 5. The van der Waals surface area contributed by atoms with Crippen LogP contribution < -0.4 is 5.32 Å². The van der Waals surface area contributed by atoms with E-state index in [-0.39, 0.29) is 5.97 Å². The summed E-state index contributed by atoms with van der Waals surface area (Å²) in [6.07, 6.45) is 0.841. The fourth-order valence-corrected chi connectivity index (χ4v) is 2.88. The van der Waals surface area contributed by atoms with Gasteiger partial charge in [0.1, 0.15) is 5.54 Å². The highest BCUT2D eigenvalue weighted by atomic mass is 32.2. The Morgan fingerprint density at radius 3 is 2.86 bits per heavy atom. The maximum absolute atomic E-state index is 11.6. The van der Waals surface area contributed by atoms with Crippen LogP contribution in [-0.4, -0.2) is 50.4 Å². The molecule has 0 aliphatic carbocycles. The molecule has 1 unspecified atom stereocenters. The van der Waals surface area contributed by atoms with Crippen molar-refractivity contribution in [2.24, 2.45) is 0 Å². The zero-order chi connectivity index (χ0) is 10.4. The van der Waals surface area contributed by atoms with Crippen molar-refractivity contribution in [3.05, 3.63) is 0 Å². The van der Waals surface area contributed by atoms with E-state index in [0.29, 0.717) is 13.2 Å². The van der Waals surface area contributed by atoms with Crippen LogP contribution in [0.5, 0.6) is 0 Å². The van der Waals surface area contributed by atoms with E-state index >= 15 is 0 Å². The van der Waals surface area contributed by atoms with Gasteiger partial charge in [-0.15, -0.1) is 0 Å². The number of carbonyl (C=O) groups excluding carboxylic acids is 1. The van der Waals surface area contributed by atoms with Crippen molar-refractivity contribution in [1.29, 1.82) is 0 Å². The number of rotatable bonds is 5. The lowest BCUT2D eigenvalue weighted by atomic mass is 9.99. The van der Waals surface area contributed by atoms with Crippen molar-refractivity contribution in [3.8, 4) is 0 Å². The number of hydrogen-bond donors (Lipinski definition) is 1. The predicted molar refractivity (Wildman–Crippen MR) is 56.6 cm³/mol. The van der Waals surface area contributed by atoms with E-state index in [9.17, 15) is 4.79 Å². The molecule has 14 heavy (non-hydrogen) atoms. The van der Waals surface area contributed by atoms with Gasteiger partial charge in [0.05, 0.1) is 13.7 Å². The Balaban J connectivity index is 2.49.